The van der Waals surface area contributed by atoms with Crippen molar-refractivity contribution in [1.29, 1.82) is 0 Å². The van der Waals surface area contributed by atoms with Crippen molar-refractivity contribution < 1.29 is 9.90 Å². The van der Waals surface area contributed by atoms with Gasteiger partial charge in [0.2, 0.25) is 5.91 Å². The highest BCUT2D eigenvalue weighted by Crippen LogP contribution is 2.04. The number of unbranched alkanes of at least 4 members (excludes halogenated alkanes) is 4. The maximum Gasteiger partial charge on any atom is 0.220 e. The van der Waals surface area contributed by atoms with Crippen LogP contribution in [0.15, 0.2) is 0 Å². The Hall–Kier alpha value is -0.610. The van der Waals surface area contributed by atoms with Crippen molar-refractivity contribution in [3.05, 3.63) is 0 Å². The van der Waals surface area contributed by atoms with Gasteiger partial charge >= 0.3 is 0 Å². The molecule has 4 nitrogen and oxygen atoms in total. The van der Waals surface area contributed by atoms with E-state index in [1.807, 2.05) is 0 Å². The molecule has 0 aliphatic carbocycles. The van der Waals surface area contributed by atoms with Gasteiger partial charge in [0.15, 0.2) is 0 Å². The van der Waals surface area contributed by atoms with Crippen molar-refractivity contribution >= 4 is 5.91 Å². The summed E-state index contributed by atoms with van der Waals surface area (Å²) in [5.41, 5.74) is 5.59. The van der Waals surface area contributed by atoms with E-state index in [1.54, 1.807) is 6.92 Å². The topological polar surface area (TPSA) is 75.4 Å². The van der Waals surface area contributed by atoms with Gasteiger partial charge in [0.1, 0.15) is 0 Å². The molecule has 2 atom stereocenters. The number of nitrogens with one attached hydrogen (secondary N) is 1. The molecule has 0 aromatic rings. The van der Waals surface area contributed by atoms with Gasteiger partial charge in [0, 0.05) is 19.0 Å². The zero-order chi connectivity index (χ0) is 12.4. The predicted octanol–water partition coefficient (Wildman–Crippen LogP) is 1.17. The Morgan fingerprint density at radius 1 is 1.31 bits per heavy atom. The molecular formula is C12H26N2O2. The first-order valence-electron chi connectivity index (χ1n) is 6.28. The molecule has 0 saturated heterocycles. The molecule has 0 radical (unpaired) electrons. The summed E-state index contributed by atoms with van der Waals surface area (Å²) in [6.07, 6.45) is 5.71. The van der Waals surface area contributed by atoms with E-state index in [2.05, 4.69) is 12.2 Å². The van der Waals surface area contributed by atoms with Crippen LogP contribution in [0.3, 0.4) is 0 Å². The summed E-state index contributed by atoms with van der Waals surface area (Å²) < 4.78 is 0. The Morgan fingerprint density at radius 2 is 1.94 bits per heavy atom. The number of carbonyl (C=O) groups is 1. The molecule has 4 N–H and O–H groups in total. The van der Waals surface area contributed by atoms with E-state index < -0.39 is 6.10 Å². The lowest BCUT2D eigenvalue weighted by Gasteiger charge is -2.15. The maximum atomic E-state index is 11.4. The molecule has 96 valence electrons. The van der Waals surface area contributed by atoms with Crippen molar-refractivity contribution in [1.82, 2.24) is 5.32 Å². The van der Waals surface area contributed by atoms with E-state index in [0.717, 1.165) is 12.8 Å². The Labute approximate surface area is 98.6 Å². The van der Waals surface area contributed by atoms with E-state index in [0.29, 0.717) is 13.0 Å². The zero-order valence-corrected chi connectivity index (χ0v) is 10.5. The summed E-state index contributed by atoms with van der Waals surface area (Å²) in [6.45, 7) is 4.15. The van der Waals surface area contributed by atoms with Crippen LogP contribution in [0.1, 0.15) is 52.4 Å². The average molecular weight is 230 g/mol. The standard InChI is InChI=1S/C12H26N2O2/c1-3-4-5-6-7-8-12(16)14-9-11(13)10(2)15/h10-11,15H,3-9,13H2,1-2H3,(H,14,16). The first kappa shape index (κ1) is 15.4. The van der Waals surface area contributed by atoms with Crippen LogP contribution in [0.5, 0.6) is 0 Å². The molecule has 0 aromatic heterocycles. The van der Waals surface area contributed by atoms with Crippen molar-refractivity contribution in [2.75, 3.05) is 6.54 Å². The molecule has 4 heteroatoms. The molecule has 0 bridgehead atoms. The van der Waals surface area contributed by atoms with Crippen LogP contribution >= 0.6 is 0 Å². The average Bonchev–Trinajstić information content (AvgIpc) is 2.25. The van der Waals surface area contributed by atoms with Gasteiger partial charge in [-0.25, -0.2) is 0 Å². The van der Waals surface area contributed by atoms with Crippen LogP contribution in [-0.4, -0.2) is 29.7 Å². The third kappa shape index (κ3) is 8.68. The fourth-order valence-corrected chi connectivity index (χ4v) is 1.38. The number of amides is 1. The molecule has 0 heterocycles. The van der Waals surface area contributed by atoms with Crippen molar-refractivity contribution in [2.45, 2.75) is 64.5 Å². The van der Waals surface area contributed by atoms with Gasteiger partial charge in [0.05, 0.1) is 6.10 Å². The minimum absolute atomic E-state index is 0.0348. The number of carbonyl (C=O) groups excluding carboxylic acids is 1. The third-order valence-electron chi connectivity index (χ3n) is 2.66. The number of nitrogens with two attached hydrogens (primary N) is 1. The van der Waals surface area contributed by atoms with Crippen LogP contribution in [0.25, 0.3) is 0 Å². The molecule has 0 fully saturated rings. The molecule has 0 rings (SSSR count). The summed E-state index contributed by atoms with van der Waals surface area (Å²) in [4.78, 5) is 11.4. The maximum absolute atomic E-state index is 11.4. The fourth-order valence-electron chi connectivity index (χ4n) is 1.38. The monoisotopic (exact) mass is 230 g/mol. The molecule has 0 saturated carbocycles. The Kier molecular flexibility index (Phi) is 9.24. The number of aliphatic hydroxyl groups excluding tert-OH is 1. The van der Waals surface area contributed by atoms with Crippen LogP contribution in [-0.2, 0) is 4.79 Å². The minimum Gasteiger partial charge on any atom is -0.392 e. The molecular weight excluding hydrogens is 204 g/mol. The summed E-state index contributed by atoms with van der Waals surface area (Å²) in [6, 6.07) is -0.371. The zero-order valence-electron chi connectivity index (χ0n) is 10.5. The van der Waals surface area contributed by atoms with E-state index in [-0.39, 0.29) is 11.9 Å². The number of hydrogen-bond acceptors (Lipinski definition) is 3. The van der Waals surface area contributed by atoms with Gasteiger partial charge < -0.3 is 16.2 Å². The highest BCUT2D eigenvalue weighted by molar-refractivity contribution is 5.75. The quantitative estimate of drug-likeness (QED) is 0.520. The fraction of sp³-hybridized carbons (Fsp3) is 0.917. The van der Waals surface area contributed by atoms with Crippen LogP contribution in [0.2, 0.25) is 0 Å². The largest absolute Gasteiger partial charge is 0.392 e. The number of aliphatic hydroxyl groups is 1. The van der Waals surface area contributed by atoms with Gasteiger partial charge in [-0.15, -0.1) is 0 Å². The van der Waals surface area contributed by atoms with E-state index in [9.17, 15) is 4.79 Å². The van der Waals surface area contributed by atoms with Crippen LogP contribution < -0.4 is 11.1 Å². The van der Waals surface area contributed by atoms with Crippen LogP contribution in [0, 0.1) is 0 Å². The first-order valence-corrected chi connectivity index (χ1v) is 6.28. The van der Waals surface area contributed by atoms with Crippen molar-refractivity contribution in [3.63, 3.8) is 0 Å². The van der Waals surface area contributed by atoms with Crippen molar-refractivity contribution in [2.24, 2.45) is 5.73 Å². The molecule has 1 amide bonds. The summed E-state index contributed by atoms with van der Waals surface area (Å²) in [5, 5.41) is 11.9. The Balaban J connectivity index is 3.38. The van der Waals surface area contributed by atoms with Gasteiger partial charge in [0.25, 0.3) is 0 Å². The lowest BCUT2D eigenvalue weighted by atomic mass is 10.1. The van der Waals surface area contributed by atoms with E-state index >= 15 is 0 Å². The molecule has 0 aliphatic heterocycles. The summed E-state index contributed by atoms with van der Waals surface area (Å²) in [5.74, 6) is 0.0348. The molecule has 2 unspecified atom stereocenters. The lowest BCUT2D eigenvalue weighted by molar-refractivity contribution is -0.121. The Morgan fingerprint density at radius 3 is 2.50 bits per heavy atom. The van der Waals surface area contributed by atoms with Gasteiger partial charge in [-0.1, -0.05) is 32.6 Å². The summed E-state index contributed by atoms with van der Waals surface area (Å²) in [7, 11) is 0. The van der Waals surface area contributed by atoms with Crippen LogP contribution in [0.4, 0.5) is 0 Å². The highest BCUT2D eigenvalue weighted by atomic mass is 16.3. The van der Waals surface area contributed by atoms with Gasteiger partial charge in [-0.05, 0) is 13.3 Å². The second kappa shape index (κ2) is 9.60. The molecule has 16 heavy (non-hydrogen) atoms. The number of rotatable bonds is 9. The SMILES string of the molecule is CCCCCCCC(=O)NCC(N)C(C)O. The lowest BCUT2D eigenvalue weighted by Crippen LogP contribution is -2.43. The number of hydrogen-bond donors (Lipinski definition) is 3. The second-order valence-electron chi connectivity index (χ2n) is 4.37. The van der Waals surface area contributed by atoms with Crippen molar-refractivity contribution in [3.8, 4) is 0 Å². The van der Waals surface area contributed by atoms with Gasteiger partial charge in [-0.3, -0.25) is 4.79 Å². The third-order valence-corrected chi connectivity index (χ3v) is 2.66. The molecule has 0 aliphatic rings. The van der Waals surface area contributed by atoms with E-state index in [1.165, 1.54) is 19.3 Å². The Bertz CT molecular complexity index is 184. The minimum atomic E-state index is -0.579. The highest BCUT2D eigenvalue weighted by Gasteiger charge is 2.10. The smallest absolute Gasteiger partial charge is 0.220 e. The molecule has 0 aromatic carbocycles. The van der Waals surface area contributed by atoms with Gasteiger partial charge in [-0.2, -0.15) is 0 Å². The van der Waals surface area contributed by atoms with E-state index in [4.69, 9.17) is 10.8 Å². The molecule has 0 spiro atoms. The summed E-state index contributed by atoms with van der Waals surface area (Å²) >= 11 is 0. The first-order chi connectivity index (χ1) is 7.57. The second-order valence-corrected chi connectivity index (χ2v) is 4.37. The predicted molar refractivity (Wildman–Crippen MR) is 66.0 cm³/mol. The normalized spacial score (nSPS) is 14.5.